The van der Waals surface area contributed by atoms with Gasteiger partial charge in [0.05, 0.1) is 5.56 Å². The molecule has 6 heteroatoms. The largest absolute Gasteiger partial charge is 0.487 e. The number of hydrogen-bond acceptors (Lipinski definition) is 3. The molecule has 1 aliphatic rings. The van der Waals surface area contributed by atoms with Crippen molar-refractivity contribution in [3.63, 3.8) is 0 Å². The van der Waals surface area contributed by atoms with Gasteiger partial charge in [0.2, 0.25) is 0 Å². The predicted molar refractivity (Wildman–Crippen MR) is 50.8 cm³/mol. The molecule has 0 spiro atoms. The van der Waals surface area contributed by atoms with Crippen LogP contribution in [-0.4, -0.2) is 29.6 Å². The molecule has 0 fully saturated rings. The molecule has 2 N–H and O–H groups in total. The van der Waals surface area contributed by atoms with Crippen LogP contribution in [0.15, 0.2) is 18.2 Å². The number of carboxylic acids is 1. The molecule has 1 aromatic carbocycles. The number of para-hydroxylation sites is 1. The first-order chi connectivity index (χ1) is 7.59. The molecular weight excluding hydrogens is 217 g/mol. The van der Waals surface area contributed by atoms with Crippen LogP contribution in [0.4, 0.5) is 4.39 Å². The van der Waals surface area contributed by atoms with E-state index in [1.165, 1.54) is 12.1 Å². The van der Waals surface area contributed by atoms with E-state index >= 15 is 0 Å². The number of amides is 1. The lowest BCUT2D eigenvalue weighted by atomic mass is 10.2. The third-order valence-electron chi connectivity index (χ3n) is 2.21. The van der Waals surface area contributed by atoms with E-state index in [2.05, 4.69) is 5.32 Å². The highest BCUT2D eigenvalue weighted by molar-refractivity contribution is 5.99. The zero-order valence-corrected chi connectivity index (χ0v) is 8.07. The van der Waals surface area contributed by atoms with Crippen molar-refractivity contribution in [1.29, 1.82) is 0 Å². The SMILES string of the molecule is O=C1NC(C(=O)O)COc2c(F)cccc21. The Hall–Kier alpha value is -2.11. The molecule has 0 radical (unpaired) electrons. The third kappa shape index (κ3) is 1.69. The molecule has 0 aromatic heterocycles. The molecule has 1 unspecified atom stereocenters. The second-order valence-electron chi connectivity index (χ2n) is 3.29. The van der Waals surface area contributed by atoms with Crippen LogP contribution < -0.4 is 10.1 Å². The zero-order chi connectivity index (χ0) is 11.7. The van der Waals surface area contributed by atoms with Crippen molar-refractivity contribution in [2.75, 3.05) is 6.61 Å². The van der Waals surface area contributed by atoms with Gasteiger partial charge in [0.1, 0.15) is 6.61 Å². The van der Waals surface area contributed by atoms with Crippen molar-refractivity contribution in [3.8, 4) is 5.75 Å². The molecule has 0 aliphatic carbocycles. The van der Waals surface area contributed by atoms with Crippen LogP contribution in [0.1, 0.15) is 10.4 Å². The topological polar surface area (TPSA) is 75.6 Å². The van der Waals surface area contributed by atoms with Crippen LogP contribution in [0.2, 0.25) is 0 Å². The summed E-state index contributed by atoms with van der Waals surface area (Å²) >= 11 is 0. The average Bonchev–Trinajstić information content (AvgIpc) is 2.40. The summed E-state index contributed by atoms with van der Waals surface area (Å²) in [5, 5.41) is 11.0. The second-order valence-corrected chi connectivity index (χ2v) is 3.29. The van der Waals surface area contributed by atoms with E-state index in [-0.39, 0.29) is 17.9 Å². The summed E-state index contributed by atoms with van der Waals surface area (Å²) in [6, 6.07) is 2.71. The summed E-state index contributed by atoms with van der Waals surface area (Å²) in [6.45, 7) is -0.297. The number of aliphatic carboxylic acids is 1. The molecule has 1 aromatic rings. The van der Waals surface area contributed by atoms with Gasteiger partial charge < -0.3 is 15.2 Å². The molecule has 0 saturated carbocycles. The fourth-order valence-electron chi connectivity index (χ4n) is 1.41. The number of ether oxygens (including phenoxy) is 1. The number of carbonyl (C=O) groups is 2. The van der Waals surface area contributed by atoms with Crippen LogP contribution in [0, 0.1) is 5.82 Å². The number of fused-ring (bicyclic) bond motifs is 1. The van der Waals surface area contributed by atoms with Gasteiger partial charge in [-0.05, 0) is 12.1 Å². The molecule has 1 heterocycles. The summed E-state index contributed by atoms with van der Waals surface area (Å²) in [4.78, 5) is 22.3. The number of rotatable bonds is 1. The van der Waals surface area contributed by atoms with Crippen LogP contribution >= 0.6 is 0 Å². The Morgan fingerprint density at radius 3 is 3.00 bits per heavy atom. The monoisotopic (exact) mass is 225 g/mol. The van der Waals surface area contributed by atoms with Gasteiger partial charge in [-0.25, -0.2) is 9.18 Å². The van der Waals surface area contributed by atoms with Crippen molar-refractivity contribution in [3.05, 3.63) is 29.6 Å². The summed E-state index contributed by atoms with van der Waals surface area (Å²) in [6.07, 6.45) is 0. The van der Waals surface area contributed by atoms with Gasteiger partial charge in [0, 0.05) is 0 Å². The zero-order valence-electron chi connectivity index (χ0n) is 8.07. The molecule has 1 aliphatic heterocycles. The smallest absolute Gasteiger partial charge is 0.329 e. The van der Waals surface area contributed by atoms with Gasteiger partial charge in [-0.2, -0.15) is 0 Å². The Bertz CT molecular complexity index is 460. The number of carboxylic acid groups (broad SMARTS) is 1. The lowest BCUT2D eigenvalue weighted by molar-refractivity contribution is -0.139. The maximum atomic E-state index is 13.3. The summed E-state index contributed by atoms with van der Waals surface area (Å²) in [5.41, 5.74) is 0.00347. The fraction of sp³-hybridized carbons (Fsp3) is 0.200. The number of carbonyl (C=O) groups excluding carboxylic acids is 1. The summed E-state index contributed by atoms with van der Waals surface area (Å²) in [7, 11) is 0. The van der Waals surface area contributed by atoms with Crippen LogP contribution in [0.3, 0.4) is 0 Å². The predicted octanol–water partition coefficient (Wildman–Crippen LogP) is 0.401. The number of halogens is 1. The van der Waals surface area contributed by atoms with Gasteiger partial charge in [-0.1, -0.05) is 6.07 Å². The quantitative estimate of drug-likeness (QED) is 0.725. The molecule has 2 rings (SSSR count). The van der Waals surface area contributed by atoms with Crippen molar-refractivity contribution < 1.29 is 23.8 Å². The second kappa shape index (κ2) is 3.80. The van der Waals surface area contributed by atoms with Crippen molar-refractivity contribution >= 4 is 11.9 Å². The van der Waals surface area contributed by atoms with Gasteiger partial charge >= 0.3 is 5.97 Å². The molecule has 5 nitrogen and oxygen atoms in total. The number of hydrogen-bond donors (Lipinski definition) is 2. The van der Waals surface area contributed by atoms with E-state index in [9.17, 15) is 14.0 Å². The summed E-state index contributed by atoms with van der Waals surface area (Å²) < 4.78 is 18.3. The Morgan fingerprint density at radius 1 is 1.56 bits per heavy atom. The highest BCUT2D eigenvalue weighted by Gasteiger charge is 2.28. The lowest BCUT2D eigenvalue weighted by Crippen LogP contribution is -2.42. The Labute approximate surface area is 89.8 Å². The maximum Gasteiger partial charge on any atom is 0.329 e. The van der Waals surface area contributed by atoms with E-state index in [0.717, 1.165) is 6.07 Å². The third-order valence-corrected chi connectivity index (χ3v) is 2.21. The van der Waals surface area contributed by atoms with Gasteiger partial charge in [-0.3, -0.25) is 4.79 Å². The lowest BCUT2D eigenvalue weighted by Gasteiger charge is -2.09. The van der Waals surface area contributed by atoms with Crippen LogP contribution in [-0.2, 0) is 4.79 Å². The molecule has 0 saturated heterocycles. The highest BCUT2D eigenvalue weighted by Crippen LogP contribution is 2.24. The van der Waals surface area contributed by atoms with E-state index in [1.54, 1.807) is 0 Å². The fourth-order valence-corrected chi connectivity index (χ4v) is 1.41. The van der Waals surface area contributed by atoms with Crippen LogP contribution in [0.5, 0.6) is 5.75 Å². The Kier molecular flexibility index (Phi) is 2.47. The first-order valence-corrected chi connectivity index (χ1v) is 4.54. The van der Waals surface area contributed by atoms with Gasteiger partial charge in [-0.15, -0.1) is 0 Å². The van der Waals surface area contributed by atoms with E-state index in [0.29, 0.717) is 0 Å². The summed E-state index contributed by atoms with van der Waals surface area (Å²) in [5.74, 6) is -2.76. The highest BCUT2D eigenvalue weighted by atomic mass is 19.1. The van der Waals surface area contributed by atoms with Gasteiger partial charge in [0.15, 0.2) is 17.6 Å². The number of nitrogens with one attached hydrogen (secondary N) is 1. The van der Waals surface area contributed by atoms with Crippen LogP contribution in [0.25, 0.3) is 0 Å². The minimum atomic E-state index is -1.22. The Balaban J connectivity index is 2.39. The van der Waals surface area contributed by atoms with Gasteiger partial charge in [0.25, 0.3) is 5.91 Å². The van der Waals surface area contributed by atoms with E-state index in [1.807, 2.05) is 0 Å². The molecule has 84 valence electrons. The molecule has 1 amide bonds. The van der Waals surface area contributed by atoms with Crippen molar-refractivity contribution in [2.24, 2.45) is 0 Å². The Morgan fingerprint density at radius 2 is 2.31 bits per heavy atom. The normalized spacial score (nSPS) is 19.1. The van der Waals surface area contributed by atoms with Crippen molar-refractivity contribution in [2.45, 2.75) is 6.04 Å². The molecular formula is C10H8FNO4. The first kappa shape index (κ1) is 10.4. The first-order valence-electron chi connectivity index (χ1n) is 4.54. The molecule has 0 bridgehead atoms. The van der Waals surface area contributed by atoms with E-state index < -0.39 is 23.7 Å². The minimum Gasteiger partial charge on any atom is -0.487 e. The maximum absolute atomic E-state index is 13.3. The average molecular weight is 225 g/mol. The molecule has 16 heavy (non-hydrogen) atoms. The number of benzene rings is 1. The van der Waals surface area contributed by atoms with Crippen molar-refractivity contribution in [1.82, 2.24) is 5.32 Å². The molecule has 1 atom stereocenters. The van der Waals surface area contributed by atoms with E-state index in [4.69, 9.17) is 9.84 Å². The standard InChI is InChI=1S/C10H8FNO4/c11-6-3-1-2-5-8(6)16-4-7(10(14)15)12-9(5)13/h1-3,7H,4H2,(H,12,13)(H,14,15). The minimum absolute atomic E-state index is 0.00347.